The second kappa shape index (κ2) is 5.31. The van der Waals surface area contributed by atoms with Gasteiger partial charge in [-0.2, -0.15) is 5.26 Å². The van der Waals surface area contributed by atoms with Gasteiger partial charge in [-0.25, -0.2) is 0 Å². The van der Waals surface area contributed by atoms with Crippen molar-refractivity contribution >= 4 is 11.6 Å². The van der Waals surface area contributed by atoms with E-state index in [0.717, 1.165) is 12.8 Å². The summed E-state index contributed by atoms with van der Waals surface area (Å²) in [4.78, 5) is 11.7. The molecular formula is C14H14N2O. The number of amides is 1. The fourth-order valence-corrected chi connectivity index (χ4v) is 1.98. The summed E-state index contributed by atoms with van der Waals surface area (Å²) in [7, 11) is 0. The van der Waals surface area contributed by atoms with Crippen molar-refractivity contribution < 1.29 is 4.79 Å². The van der Waals surface area contributed by atoms with Gasteiger partial charge in [0.05, 0.1) is 11.6 Å². The van der Waals surface area contributed by atoms with Gasteiger partial charge in [0, 0.05) is 12.1 Å². The van der Waals surface area contributed by atoms with E-state index in [1.165, 1.54) is 0 Å². The van der Waals surface area contributed by atoms with Gasteiger partial charge in [-0.05, 0) is 37.0 Å². The van der Waals surface area contributed by atoms with Crippen LogP contribution in [0.2, 0.25) is 0 Å². The third-order valence-corrected chi connectivity index (χ3v) is 2.84. The van der Waals surface area contributed by atoms with Crippen molar-refractivity contribution in [2.45, 2.75) is 19.3 Å². The number of nitriles is 1. The highest BCUT2D eigenvalue weighted by molar-refractivity contribution is 5.91. The molecule has 0 aliphatic heterocycles. The van der Waals surface area contributed by atoms with Crippen LogP contribution in [0.4, 0.5) is 5.69 Å². The SMILES string of the molecule is N#Cc1cccc(NC(=O)C[C@@H]2C=CCC2)c1. The first-order chi connectivity index (χ1) is 8.28. The highest BCUT2D eigenvalue weighted by Crippen LogP contribution is 2.21. The Morgan fingerprint density at radius 1 is 1.53 bits per heavy atom. The molecule has 1 amide bonds. The normalized spacial score (nSPS) is 17.7. The monoisotopic (exact) mass is 226 g/mol. The Labute approximate surface area is 101 Å². The van der Waals surface area contributed by atoms with Gasteiger partial charge in [-0.15, -0.1) is 0 Å². The van der Waals surface area contributed by atoms with E-state index in [-0.39, 0.29) is 5.91 Å². The van der Waals surface area contributed by atoms with E-state index in [9.17, 15) is 4.79 Å². The van der Waals surface area contributed by atoms with Gasteiger partial charge in [-0.1, -0.05) is 18.2 Å². The van der Waals surface area contributed by atoms with Crippen molar-refractivity contribution in [1.29, 1.82) is 5.26 Å². The van der Waals surface area contributed by atoms with Crippen molar-refractivity contribution in [3.8, 4) is 6.07 Å². The minimum atomic E-state index is 0.0108. The Balaban J connectivity index is 1.93. The first kappa shape index (κ1) is 11.4. The van der Waals surface area contributed by atoms with Crippen LogP contribution in [0.25, 0.3) is 0 Å². The summed E-state index contributed by atoms with van der Waals surface area (Å²) in [6.45, 7) is 0. The van der Waals surface area contributed by atoms with E-state index in [1.807, 2.05) is 0 Å². The van der Waals surface area contributed by atoms with Crippen LogP contribution in [0.1, 0.15) is 24.8 Å². The molecule has 1 aliphatic rings. The Morgan fingerprint density at radius 2 is 2.41 bits per heavy atom. The molecule has 0 saturated carbocycles. The summed E-state index contributed by atoms with van der Waals surface area (Å²) < 4.78 is 0. The lowest BCUT2D eigenvalue weighted by Crippen LogP contribution is -2.14. The van der Waals surface area contributed by atoms with Crippen LogP contribution in [0.15, 0.2) is 36.4 Å². The summed E-state index contributed by atoms with van der Waals surface area (Å²) in [5, 5.41) is 11.6. The number of hydrogen-bond donors (Lipinski definition) is 1. The third-order valence-electron chi connectivity index (χ3n) is 2.84. The number of allylic oxidation sites excluding steroid dienone is 2. The lowest BCUT2D eigenvalue weighted by atomic mass is 10.0. The number of anilines is 1. The first-order valence-corrected chi connectivity index (χ1v) is 5.74. The number of rotatable bonds is 3. The summed E-state index contributed by atoms with van der Waals surface area (Å²) >= 11 is 0. The largest absolute Gasteiger partial charge is 0.326 e. The Hall–Kier alpha value is -2.08. The Bertz CT molecular complexity index is 485. The molecule has 0 saturated heterocycles. The van der Waals surface area contributed by atoms with Crippen LogP contribution < -0.4 is 5.32 Å². The number of benzene rings is 1. The van der Waals surface area contributed by atoms with Crippen molar-refractivity contribution in [2.24, 2.45) is 5.92 Å². The molecule has 17 heavy (non-hydrogen) atoms. The van der Waals surface area contributed by atoms with E-state index < -0.39 is 0 Å². The van der Waals surface area contributed by atoms with E-state index in [1.54, 1.807) is 24.3 Å². The van der Waals surface area contributed by atoms with E-state index in [2.05, 4.69) is 23.5 Å². The zero-order chi connectivity index (χ0) is 12.1. The quantitative estimate of drug-likeness (QED) is 0.806. The highest BCUT2D eigenvalue weighted by atomic mass is 16.1. The van der Waals surface area contributed by atoms with Crippen LogP contribution in [0, 0.1) is 17.2 Å². The van der Waals surface area contributed by atoms with Crippen molar-refractivity contribution in [2.75, 3.05) is 5.32 Å². The maximum atomic E-state index is 11.7. The average Bonchev–Trinajstić information content (AvgIpc) is 2.82. The van der Waals surface area contributed by atoms with Gasteiger partial charge in [0.15, 0.2) is 0 Å². The maximum Gasteiger partial charge on any atom is 0.224 e. The molecule has 0 fully saturated rings. The first-order valence-electron chi connectivity index (χ1n) is 5.74. The molecule has 0 spiro atoms. The predicted octanol–water partition coefficient (Wildman–Crippen LogP) is 2.85. The number of carbonyl (C=O) groups excluding carboxylic acids is 1. The second-order valence-corrected chi connectivity index (χ2v) is 4.21. The molecule has 2 rings (SSSR count). The topological polar surface area (TPSA) is 52.9 Å². The third kappa shape index (κ3) is 3.18. The fraction of sp³-hybridized carbons (Fsp3) is 0.286. The molecule has 3 heteroatoms. The molecule has 0 unspecified atom stereocenters. The van der Waals surface area contributed by atoms with Crippen LogP contribution in [-0.4, -0.2) is 5.91 Å². The van der Waals surface area contributed by atoms with Crippen LogP contribution in [-0.2, 0) is 4.79 Å². The maximum absolute atomic E-state index is 11.7. The zero-order valence-electron chi connectivity index (χ0n) is 9.52. The van der Waals surface area contributed by atoms with Crippen LogP contribution in [0.3, 0.4) is 0 Å². The number of hydrogen-bond acceptors (Lipinski definition) is 2. The summed E-state index contributed by atoms with van der Waals surface area (Å²) in [5.74, 6) is 0.380. The molecule has 1 N–H and O–H groups in total. The van der Waals surface area contributed by atoms with E-state index in [4.69, 9.17) is 5.26 Å². The summed E-state index contributed by atoms with van der Waals surface area (Å²) in [6.07, 6.45) is 6.88. The number of carbonyl (C=O) groups is 1. The molecule has 0 bridgehead atoms. The standard InChI is InChI=1S/C14H14N2O/c15-10-12-6-3-7-13(8-12)16-14(17)9-11-4-1-2-5-11/h1,3-4,6-8,11H,2,5,9H2,(H,16,17)/t11-/m1/s1. The fourth-order valence-electron chi connectivity index (χ4n) is 1.98. The predicted molar refractivity (Wildman–Crippen MR) is 66.3 cm³/mol. The van der Waals surface area contributed by atoms with Gasteiger partial charge >= 0.3 is 0 Å². The minimum Gasteiger partial charge on any atom is -0.326 e. The van der Waals surface area contributed by atoms with E-state index >= 15 is 0 Å². The highest BCUT2D eigenvalue weighted by Gasteiger charge is 2.13. The van der Waals surface area contributed by atoms with Gasteiger partial charge in [0.25, 0.3) is 0 Å². The van der Waals surface area contributed by atoms with Gasteiger partial charge in [-0.3, -0.25) is 4.79 Å². The number of nitrogens with zero attached hydrogens (tertiary/aromatic N) is 1. The van der Waals surface area contributed by atoms with Crippen LogP contribution >= 0.6 is 0 Å². The smallest absolute Gasteiger partial charge is 0.224 e. The molecule has 3 nitrogen and oxygen atoms in total. The molecule has 0 radical (unpaired) electrons. The number of nitrogens with one attached hydrogen (secondary N) is 1. The lowest BCUT2D eigenvalue weighted by molar-refractivity contribution is -0.116. The molecule has 1 aromatic rings. The molecule has 1 aromatic carbocycles. The average molecular weight is 226 g/mol. The van der Waals surface area contributed by atoms with Gasteiger partial charge in [0.1, 0.15) is 0 Å². The molecular weight excluding hydrogens is 212 g/mol. The Morgan fingerprint density at radius 3 is 3.12 bits per heavy atom. The Kier molecular flexibility index (Phi) is 3.56. The van der Waals surface area contributed by atoms with Crippen LogP contribution in [0.5, 0.6) is 0 Å². The van der Waals surface area contributed by atoms with E-state index in [0.29, 0.717) is 23.6 Å². The summed E-state index contributed by atoms with van der Waals surface area (Å²) in [6, 6.07) is 9.01. The van der Waals surface area contributed by atoms with Crippen molar-refractivity contribution in [1.82, 2.24) is 0 Å². The summed E-state index contributed by atoms with van der Waals surface area (Å²) in [5.41, 5.74) is 1.25. The lowest BCUT2D eigenvalue weighted by Gasteiger charge is -2.08. The molecule has 1 atom stereocenters. The van der Waals surface area contributed by atoms with Gasteiger partial charge < -0.3 is 5.32 Å². The van der Waals surface area contributed by atoms with Gasteiger partial charge in [0.2, 0.25) is 5.91 Å². The molecule has 86 valence electrons. The molecule has 0 aromatic heterocycles. The minimum absolute atomic E-state index is 0.0108. The van der Waals surface area contributed by atoms with Crippen molar-refractivity contribution in [3.63, 3.8) is 0 Å². The second-order valence-electron chi connectivity index (χ2n) is 4.21. The molecule has 1 aliphatic carbocycles. The zero-order valence-corrected chi connectivity index (χ0v) is 9.52. The molecule has 0 heterocycles. The van der Waals surface area contributed by atoms with Crippen molar-refractivity contribution in [3.05, 3.63) is 42.0 Å².